The molecular formula is C15H24. The van der Waals surface area contributed by atoms with Crippen LogP contribution in [-0.4, -0.2) is 0 Å². The van der Waals surface area contributed by atoms with E-state index in [0.717, 1.165) is 17.8 Å². The van der Waals surface area contributed by atoms with E-state index in [2.05, 4.69) is 27.4 Å². The zero-order valence-corrected chi connectivity index (χ0v) is 10.5. The van der Waals surface area contributed by atoms with Crippen molar-refractivity contribution < 1.29 is 0 Å². The maximum Gasteiger partial charge on any atom is -0.0171 e. The molecule has 0 saturated heterocycles. The van der Waals surface area contributed by atoms with E-state index in [4.69, 9.17) is 0 Å². The molecule has 0 bridgehead atoms. The quantitative estimate of drug-likeness (QED) is 0.542. The molecule has 0 aromatic rings. The maximum atomic E-state index is 4.16. The summed E-state index contributed by atoms with van der Waals surface area (Å²) in [6.07, 6.45) is 6.83. The van der Waals surface area contributed by atoms with E-state index in [1.807, 2.05) is 5.57 Å². The Morgan fingerprint density at radius 2 is 1.73 bits per heavy atom. The summed E-state index contributed by atoms with van der Waals surface area (Å²) in [5.41, 5.74) is 5.01. The van der Waals surface area contributed by atoms with Crippen molar-refractivity contribution in [2.45, 2.75) is 52.9 Å². The minimum Gasteiger partial charge on any atom is -0.0998 e. The van der Waals surface area contributed by atoms with Crippen molar-refractivity contribution in [2.75, 3.05) is 0 Å². The van der Waals surface area contributed by atoms with Crippen LogP contribution in [-0.2, 0) is 0 Å². The molecular weight excluding hydrogens is 180 g/mol. The Kier molecular flexibility index (Phi) is 3.04. The molecule has 0 aliphatic heterocycles. The molecule has 0 radical (unpaired) electrons. The molecule has 0 heteroatoms. The van der Waals surface area contributed by atoms with Gasteiger partial charge in [0.1, 0.15) is 0 Å². The number of hydrogen-bond acceptors (Lipinski definition) is 0. The first-order valence-corrected chi connectivity index (χ1v) is 6.46. The van der Waals surface area contributed by atoms with Crippen LogP contribution in [0.4, 0.5) is 0 Å². The molecule has 3 atom stereocenters. The van der Waals surface area contributed by atoms with Crippen LogP contribution in [0.2, 0.25) is 0 Å². The van der Waals surface area contributed by atoms with E-state index in [1.54, 1.807) is 5.57 Å². The fourth-order valence-electron chi connectivity index (χ4n) is 3.33. The lowest BCUT2D eigenvalue weighted by molar-refractivity contribution is 0.476. The fourth-order valence-corrected chi connectivity index (χ4v) is 3.33. The SMILES string of the molecule is C=C(C)[C@@H]1CC[C@@H](C)C2=C(C1)[C@@H](C)CC2. The third kappa shape index (κ3) is 2.04. The molecule has 2 aliphatic carbocycles. The second-order valence-corrected chi connectivity index (χ2v) is 5.72. The summed E-state index contributed by atoms with van der Waals surface area (Å²) >= 11 is 0. The fraction of sp³-hybridized carbons (Fsp3) is 0.733. The largest absolute Gasteiger partial charge is 0.0998 e. The highest BCUT2D eigenvalue weighted by Crippen LogP contribution is 2.45. The molecule has 0 saturated carbocycles. The van der Waals surface area contributed by atoms with E-state index in [0.29, 0.717) is 0 Å². The Balaban J connectivity index is 2.23. The molecule has 15 heavy (non-hydrogen) atoms. The molecule has 0 N–H and O–H groups in total. The van der Waals surface area contributed by atoms with Crippen LogP contribution in [0.5, 0.6) is 0 Å². The van der Waals surface area contributed by atoms with Crippen molar-refractivity contribution in [3.05, 3.63) is 23.3 Å². The molecule has 0 heterocycles. The molecule has 0 amide bonds. The van der Waals surface area contributed by atoms with Crippen LogP contribution in [0.1, 0.15) is 52.9 Å². The van der Waals surface area contributed by atoms with Crippen molar-refractivity contribution in [1.29, 1.82) is 0 Å². The smallest absolute Gasteiger partial charge is 0.0171 e. The van der Waals surface area contributed by atoms with Gasteiger partial charge in [-0.1, -0.05) is 37.1 Å². The van der Waals surface area contributed by atoms with Crippen molar-refractivity contribution in [3.8, 4) is 0 Å². The molecule has 0 nitrogen and oxygen atoms in total. The van der Waals surface area contributed by atoms with E-state index in [9.17, 15) is 0 Å². The van der Waals surface area contributed by atoms with Gasteiger partial charge in [-0.2, -0.15) is 0 Å². The summed E-state index contributed by atoms with van der Waals surface area (Å²) in [5.74, 6) is 2.46. The number of allylic oxidation sites excluding steroid dienone is 3. The summed E-state index contributed by atoms with van der Waals surface area (Å²) in [7, 11) is 0. The van der Waals surface area contributed by atoms with Crippen molar-refractivity contribution in [2.24, 2.45) is 17.8 Å². The minimum absolute atomic E-state index is 0.764. The summed E-state index contributed by atoms with van der Waals surface area (Å²) in [5, 5.41) is 0. The molecule has 0 aromatic heterocycles. The number of rotatable bonds is 1. The summed E-state index contributed by atoms with van der Waals surface area (Å²) in [6.45, 7) is 11.2. The second kappa shape index (κ2) is 4.15. The first-order valence-electron chi connectivity index (χ1n) is 6.46. The van der Waals surface area contributed by atoms with E-state index < -0.39 is 0 Å². The van der Waals surface area contributed by atoms with E-state index >= 15 is 0 Å². The second-order valence-electron chi connectivity index (χ2n) is 5.72. The van der Waals surface area contributed by atoms with E-state index in [1.165, 1.54) is 37.7 Å². The first kappa shape index (κ1) is 11.0. The van der Waals surface area contributed by atoms with Gasteiger partial charge in [0, 0.05) is 0 Å². The third-order valence-corrected chi connectivity index (χ3v) is 4.56. The summed E-state index contributed by atoms with van der Waals surface area (Å²) < 4.78 is 0. The lowest BCUT2D eigenvalue weighted by Crippen LogP contribution is -2.04. The Bertz CT molecular complexity index is 295. The molecule has 2 aliphatic rings. The average Bonchev–Trinajstić information content (AvgIpc) is 2.43. The van der Waals surface area contributed by atoms with Crippen molar-refractivity contribution >= 4 is 0 Å². The van der Waals surface area contributed by atoms with Crippen molar-refractivity contribution in [1.82, 2.24) is 0 Å². The molecule has 0 spiro atoms. The van der Waals surface area contributed by atoms with Gasteiger partial charge >= 0.3 is 0 Å². The zero-order chi connectivity index (χ0) is 11.0. The van der Waals surface area contributed by atoms with Gasteiger partial charge in [0.25, 0.3) is 0 Å². The lowest BCUT2D eigenvalue weighted by Gasteiger charge is -2.18. The molecule has 0 fully saturated rings. The van der Waals surface area contributed by atoms with Gasteiger partial charge in [-0.05, 0) is 56.8 Å². The average molecular weight is 204 g/mol. The Hall–Kier alpha value is -0.520. The van der Waals surface area contributed by atoms with Gasteiger partial charge in [0.05, 0.1) is 0 Å². The zero-order valence-electron chi connectivity index (χ0n) is 10.5. The first-order chi connectivity index (χ1) is 7.09. The van der Waals surface area contributed by atoms with Crippen LogP contribution in [0.15, 0.2) is 23.3 Å². The third-order valence-electron chi connectivity index (χ3n) is 4.56. The number of hydrogen-bond donors (Lipinski definition) is 0. The predicted octanol–water partition coefficient (Wildman–Crippen LogP) is 4.73. The highest BCUT2D eigenvalue weighted by molar-refractivity contribution is 5.27. The standard InChI is InChI=1S/C15H24/c1-10(2)13-7-5-11(3)14-8-6-12(4)15(14)9-13/h11-13H,1,5-9H2,2-4H3/t11-,12+,13-/m1/s1. The normalized spacial score (nSPS) is 36.3. The van der Waals surface area contributed by atoms with E-state index in [-0.39, 0.29) is 0 Å². The van der Waals surface area contributed by atoms with Crippen molar-refractivity contribution in [3.63, 3.8) is 0 Å². The van der Waals surface area contributed by atoms with Crippen LogP contribution < -0.4 is 0 Å². The Labute approximate surface area is 94.5 Å². The summed E-state index contributed by atoms with van der Waals surface area (Å²) in [6, 6.07) is 0. The Morgan fingerprint density at radius 1 is 1.07 bits per heavy atom. The minimum atomic E-state index is 0.764. The Morgan fingerprint density at radius 3 is 2.40 bits per heavy atom. The molecule has 0 unspecified atom stereocenters. The topological polar surface area (TPSA) is 0 Å². The van der Waals surface area contributed by atoms with Crippen LogP contribution in [0, 0.1) is 17.8 Å². The highest BCUT2D eigenvalue weighted by atomic mass is 14.4. The molecule has 2 rings (SSSR count). The van der Waals surface area contributed by atoms with Gasteiger partial charge < -0.3 is 0 Å². The van der Waals surface area contributed by atoms with Crippen LogP contribution >= 0.6 is 0 Å². The van der Waals surface area contributed by atoms with Gasteiger partial charge in [-0.3, -0.25) is 0 Å². The molecule has 84 valence electrons. The van der Waals surface area contributed by atoms with Gasteiger partial charge in [-0.25, -0.2) is 0 Å². The predicted molar refractivity (Wildman–Crippen MR) is 66.7 cm³/mol. The van der Waals surface area contributed by atoms with Gasteiger partial charge in [-0.15, -0.1) is 0 Å². The molecule has 0 aromatic carbocycles. The van der Waals surface area contributed by atoms with Gasteiger partial charge in [0.15, 0.2) is 0 Å². The monoisotopic (exact) mass is 204 g/mol. The van der Waals surface area contributed by atoms with Gasteiger partial charge in [0.2, 0.25) is 0 Å². The summed E-state index contributed by atoms with van der Waals surface area (Å²) in [4.78, 5) is 0. The maximum absolute atomic E-state index is 4.16. The van der Waals surface area contributed by atoms with Crippen LogP contribution in [0.3, 0.4) is 0 Å². The lowest BCUT2D eigenvalue weighted by atomic mass is 9.88. The van der Waals surface area contributed by atoms with Crippen LogP contribution in [0.25, 0.3) is 0 Å². The highest BCUT2D eigenvalue weighted by Gasteiger charge is 2.30.